The molecule has 11 aromatic rings. The molecule has 0 unspecified atom stereocenters. The molecule has 0 atom stereocenters. The van der Waals surface area contributed by atoms with Gasteiger partial charge >= 0.3 is 0 Å². The van der Waals surface area contributed by atoms with Gasteiger partial charge in [0.1, 0.15) is 17.0 Å². The molecule has 2 aliphatic rings. The number of benzene rings is 8. The Morgan fingerprint density at radius 2 is 1.38 bits per heavy atom. The summed E-state index contributed by atoms with van der Waals surface area (Å²) in [6, 6.07) is 55.5. The monoisotopic (exact) mass is 811 g/mol. The van der Waals surface area contributed by atoms with Crippen LogP contribution in [-0.4, -0.2) is 21.4 Å². The molecule has 1 radical (unpaired) electrons. The van der Waals surface area contributed by atoms with Crippen LogP contribution in [0.4, 0.5) is 11.4 Å². The van der Waals surface area contributed by atoms with E-state index in [0.29, 0.717) is 0 Å². The first-order chi connectivity index (χ1) is 30.5. The summed E-state index contributed by atoms with van der Waals surface area (Å²) < 4.78 is 11.3. The Morgan fingerprint density at radius 3 is 2.21 bits per heavy atom. The third-order valence-corrected chi connectivity index (χ3v) is 14.1. The molecule has 301 valence electrons. The van der Waals surface area contributed by atoms with Crippen molar-refractivity contribution in [2.75, 3.05) is 5.32 Å². The van der Waals surface area contributed by atoms with Crippen LogP contribution >= 0.6 is 0 Å². The van der Waals surface area contributed by atoms with Gasteiger partial charge in [0.25, 0.3) is 0 Å². The van der Waals surface area contributed by atoms with Gasteiger partial charge in [-0.3, -0.25) is 0 Å². The molecule has 4 heterocycles. The molecule has 5 nitrogen and oxygen atoms in total. The van der Waals surface area contributed by atoms with Gasteiger partial charge in [0.2, 0.25) is 0 Å². The van der Waals surface area contributed by atoms with Crippen LogP contribution in [0.2, 0.25) is 0 Å². The van der Waals surface area contributed by atoms with Crippen molar-refractivity contribution in [3.8, 4) is 39.3 Å². The predicted octanol–water partition coefficient (Wildman–Crippen LogP) is 13.2. The highest BCUT2D eigenvalue weighted by atomic mass is 16.3. The second kappa shape index (κ2) is 12.6. The van der Waals surface area contributed by atoms with Crippen LogP contribution in [0.15, 0.2) is 156 Å². The van der Waals surface area contributed by atoms with Crippen molar-refractivity contribution >= 4 is 84.4 Å². The maximum absolute atomic E-state index is 6.53. The van der Waals surface area contributed by atoms with Crippen molar-refractivity contribution in [2.24, 2.45) is 7.05 Å². The maximum Gasteiger partial charge on any atom is 0.198 e. The Kier molecular flexibility index (Phi) is 7.29. The molecule has 1 N–H and O–H groups in total. The Hall–Kier alpha value is -7.31. The Morgan fingerprint density at radius 1 is 0.619 bits per heavy atom. The Bertz CT molecular complexity index is 3750. The van der Waals surface area contributed by atoms with Gasteiger partial charge in [-0.05, 0) is 92.8 Å². The van der Waals surface area contributed by atoms with E-state index in [1.807, 2.05) is 6.07 Å². The molecule has 0 saturated carbocycles. The van der Waals surface area contributed by atoms with Crippen LogP contribution in [0.5, 0.6) is 0 Å². The molecule has 0 saturated heterocycles. The van der Waals surface area contributed by atoms with E-state index in [4.69, 9.17) is 9.40 Å². The van der Waals surface area contributed by atoms with E-state index in [9.17, 15) is 0 Å². The highest BCUT2D eigenvalue weighted by molar-refractivity contribution is 6.73. The van der Waals surface area contributed by atoms with E-state index in [1.165, 1.54) is 55.1 Å². The van der Waals surface area contributed by atoms with E-state index in [2.05, 4.69) is 209 Å². The lowest BCUT2D eigenvalue weighted by atomic mass is 9.59. The molecule has 0 bridgehead atoms. The molecule has 1 aliphatic carbocycles. The smallest absolute Gasteiger partial charge is 0.198 e. The van der Waals surface area contributed by atoms with Crippen LogP contribution in [0.3, 0.4) is 0 Å². The SMILES string of the molecule is Cn1c(-c2ccccc2)nc2cc3c(cc21)-n1c2cc4c(cc2c2ccc(-c5cc6c(cc5Nc5ccc(C(C)(C)C)cc5)oc5ccccc56)c(c21)[B]3)-c1ccccc1C4(C)C. The van der Waals surface area contributed by atoms with Gasteiger partial charge in [-0.15, -0.1) is 0 Å². The van der Waals surface area contributed by atoms with Crippen molar-refractivity contribution < 1.29 is 4.42 Å². The molecule has 6 heteroatoms. The van der Waals surface area contributed by atoms with E-state index in [0.717, 1.165) is 78.0 Å². The third-order valence-electron chi connectivity index (χ3n) is 14.1. The van der Waals surface area contributed by atoms with Crippen LogP contribution in [0.1, 0.15) is 51.3 Å². The molecule has 63 heavy (non-hydrogen) atoms. The van der Waals surface area contributed by atoms with Gasteiger partial charge in [-0.2, -0.15) is 0 Å². The Labute approximate surface area is 366 Å². The molecule has 0 fully saturated rings. The average Bonchev–Trinajstić information content (AvgIpc) is 3.99. The number of para-hydroxylation sites is 1. The van der Waals surface area contributed by atoms with Crippen LogP contribution in [-0.2, 0) is 17.9 Å². The molecule has 1 aliphatic heterocycles. The second-order valence-corrected chi connectivity index (χ2v) is 19.2. The normalized spacial score (nSPS) is 13.8. The lowest BCUT2D eigenvalue weighted by molar-refractivity contribution is 0.590. The summed E-state index contributed by atoms with van der Waals surface area (Å²) in [5.74, 6) is 0.956. The van der Waals surface area contributed by atoms with E-state index in [-0.39, 0.29) is 10.8 Å². The zero-order chi connectivity index (χ0) is 42.5. The summed E-state index contributed by atoms with van der Waals surface area (Å²) in [5.41, 5.74) is 21.8. The summed E-state index contributed by atoms with van der Waals surface area (Å²) in [4.78, 5) is 5.27. The van der Waals surface area contributed by atoms with E-state index < -0.39 is 0 Å². The lowest BCUT2D eigenvalue weighted by Crippen LogP contribution is -2.37. The topological polar surface area (TPSA) is 47.9 Å². The number of imidazole rings is 1. The molecule has 3 aromatic heterocycles. The number of hydrogen-bond donors (Lipinski definition) is 1. The molecular weight excluding hydrogens is 767 g/mol. The first kappa shape index (κ1) is 36.4. The highest BCUT2D eigenvalue weighted by Crippen LogP contribution is 2.51. The van der Waals surface area contributed by atoms with Crippen molar-refractivity contribution in [1.82, 2.24) is 14.1 Å². The summed E-state index contributed by atoms with van der Waals surface area (Å²) in [6.45, 7) is 11.5. The van der Waals surface area contributed by atoms with Crippen molar-refractivity contribution in [2.45, 2.75) is 45.4 Å². The van der Waals surface area contributed by atoms with Gasteiger partial charge < -0.3 is 18.9 Å². The average molecular weight is 812 g/mol. The number of hydrogen-bond acceptors (Lipinski definition) is 3. The van der Waals surface area contributed by atoms with Crippen LogP contribution in [0, 0.1) is 0 Å². The molecule has 8 aromatic carbocycles. The molecule has 13 rings (SSSR count). The van der Waals surface area contributed by atoms with Gasteiger partial charge in [0, 0.05) is 68.1 Å². The number of furan rings is 1. The van der Waals surface area contributed by atoms with Crippen molar-refractivity contribution in [3.05, 3.63) is 168 Å². The number of anilines is 2. The van der Waals surface area contributed by atoms with E-state index >= 15 is 0 Å². The minimum Gasteiger partial charge on any atom is -0.456 e. The lowest BCUT2D eigenvalue weighted by Gasteiger charge is -2.25. The summed E-state index contributed by atoms with van der Waals surface area (Å²) in [5, 5.41) is 8.57. The number of aromatic nitrogens is 3. The number of nitrogens with one attached hydrogen (secondary N) is 1. The molecule has 0 amide bonds. The maximum atomic E-state index is 6.53. The third kappa shape index (κ3) is 5.15. The number of nitrogens with zero attached hydrogens (tertiary/aromatic N) is 3. The van der Waals surface area contributed by atoms with Crippen molar-refractivity contribution in [3.63, 3.8) is 0 Å². The van der Waals surface area contributed by atoms with Gasteiger partial charge in [-0.1, -0.05) is 137 Å². The fourth-order valence-corrected chi connectivity index (χ4v) is 10.8. The standard InChI is InChI=1S/C57H44BN4O/c1-56(2,3)33-20-22-34(23-21-33)59-46-30-52-42(36-17-11-13-19-51(36)63-52)27-40(46)37-24-25-38-41-26-39-35-16-10-12-18-43(35)57(4,5)44(39)28-48(41)62-49-31-50-47(29-45(49)58-53(37)54(38)62)60-55(61(50)6)32-14-8-7-9-15-32/h7-31,59H,1-6H3. The van der Waals surface area contributed by atoms with Gasteiger partial charge in [-0.25, -0.2) is 4.98 Å². The Balaban J connectivity index is 1.10. The predicted molar refractivity (Wildman–Crippen MR) is 264 cm³/mol. The van der Waals surface area contributed by atoms with Crippen LogP contribution in [0.25, 0.3) is 94.1 Å². The number of aryl methyl sites for hydroxylation is 1. The fourth-order valence-electron chi connectivity index (χ4n) is 10.8. The number of fused-ring (bicyclic) bond motifs is 12. The minimum absolute atomic E-state index is 0.0583. The fraction of sp³-hybridized carbons (Fsp3) is 0.140. The largest absolute Gasteiger partial charge is 0.456 e. The molecule has 0 spiro atoms. The second-order valence-electron chi connectivity index (χ2n) is 19.2. The number of rotatable bonds is 4. The summed E-state index contributed by atoms with van der Waals surface area (Å²) >= 11 is 0. The minimum atomic E-state index is -0.139. The first-order valence-corrected chi connectivity index (χ1v) is 22.0. The quantitative estimate of drug-likeness (QED) is 0.180. The van der Waals surface area contributed by atoms with Crippen molar-refractivity contribution in [1.29, 1.82) is 0 Å². The van der Waals surface area contributed by atoms with Crippen LogP contribution < -0.4 is 16.2 Å². The summed E-state index contributed by atoms with van der Waals surface area (Å²) in [6.07, 6.45) is 0. The first-order valence-electron chi connectivity index (χ1n) is 22.0. The van der Waals surface area contributed by atoms with Gasteiger partial charge in [0.05, 0.1) is 22.2 Å². The highest BCUT2D eigenvalue weighted by Gasteiger charge is 2.37. The summed E-state index contributed by atoms with van der Waals surface area (Å²) in [7, 11) is 4.55. The molecular formula is C57H44BN4O. The van der Waals surface area contributed by atoms with E-state index in [1.54, 1.807) is 0 Å². The zero-order valence-corrected chi connectivity index (χ0v) is 36.3. The van der Waals surface area contributed by atoms with Gasteiger partial charge in [0.15, 0.2) is 7.28 Å². The zero-order valence-electron chi connectivity index (χ0n) is 36.3.